The minimum atomic E-state index is -0.471. The maximum Gasteiger partial charge on any atom is 0.164 e. The lowest BCUT2D eigenvalue weighted by molar-refractivity contribution is 0.669. The van der Waals surface area contributed by atoms with Gasteiger partial charge in [0.15, 0.2) is 17.5 Å². The SMILES string of the molecule is [2H]c1c([2H])c([2H])c2c(oc3c([2H])c(-c4ccc(-c5nc(-c6ccccc6)nc(-c6cccc7ccc(-c8ccccc8)cc67)n5)cc4)c([2H])c([2H])c32)c1[2H]. The average Bonchev–Trinajstić information content (AvgIpc) is 3.63. The molecule has 0 bridgehead atoms. The quantitative estimate of drug-likeness (QED) is 0.195. The summed E-state index contributed by atoms with van der Waals surface area (Å²) in [7, 11) is 0. The van der Waals surface area contributed by atoms with E-state index in [0.717, 1.165) is 33.0 Å². The normalized spacial score (nSPS) is 13.5. The van der Waals surface area contributed by atoms with Crippen LogP contribution in [0.25, 0.3) is 89.1 Å². The molecule has 7 aromatic carbocycles. The van der Waals surface area contributed by atoms with Crippen LogP contribution in [0.2, 0.25) is 0 Å². The van der Waals surface area contributed by atoms with E-state index in [1.807, 2.05) is 60.7 Å². The van der Waals surface area contributed by atoms with Gasteiger partial charge in [0.1, 0.15) is 11.2 Å². The minimum Gasteiger partial charge on any atom is -0.456 e. The first kappa shape index (κ1) is 20.6. The van der Waals surface area contributed by atoms with Gasteiger partial charge in [0, 0.05) is 27.5 Å². The molecule has 2 heterocycles. The van der Waals surface area contributed by atoms with Gasteiger partial charge in [0.25, 0.3) is 0 Å². The first-order chi connectivity index (χ1) is 26.2. The summed E-state index contributed by atoms with van der Waals surface area (Å²) in [6.45, 7) is 0. The molecule has 0 unspecified atom stereocenters. The Bertz CT molecular complexity index is 2950. The van der Waals surface area contributed by atoms with E-state index in [1.165, 1.54) is 0 Å². The Hall–Kier alpha value is -6.39. The molecule has 0 saturated carbocycles. The highest BCUT2D eigenvalue weighted by Gasteiger charge is 2.15. The third kappa shape index (κ3) is 4.93. The van der Waals surface area contributed by atoms with Crippen molar-refractivity contribution < 1.29 is 14.0 Å². The van der Waals surface area contributed by atoms with Gasteiger partial charge >= 0.3 is 0 Å². The molecule has 4 nitrogen and oxygen atoms in total. The zero-order chi connectivity index (χ0) is 37.2. The standard InChI is InChI=1S/C43H27N3O/c1-3-10-28(11-4-1)33-23-20-30-14-9-16-37(38(30)26-33)43-45-41(31-12-5-2-6-13-31)44-42(46-43)32-21-18-29(19-22-32)34-24-25-36-35-15-7-8-17-39(35)47-40(36)27-34/h1-27H/i7D,8D,15D,17D,24D,25D,27D. The first-order valence-electron chi connectivity index (χ1n) is 18.6. The highest BCUT2D eigenvalue weighted by Crippen LogP contribution is 2.35. The number of fused-ring (bicyclic) bond motifs is 4. The fraction of sp³-hybridized carbons (Fsp3) is 0. The molecule has 0 saturated heterocycles. The summed E-state index contributed by atoms with van der Waals surface area (Å²) in [6.07, 6.45) is 0. The highest BCUT2D eigenvalue weighted by atomic mass is 16.3. The fourth-order valence-electron chi connectivity index (χ4n) is 5.85. The molecule has 0 amide bonds. The molecule has 2 aromatic heterocycles. The summed E-state index contributed by atoms with van der Waals surface area (Å²) in [5.41, 5.74) is 4.92. The lowest BCUT2D eigenvalue weighted by atomic mass is 9.98. The van der Waals surface area contributed by atoms with Gasteiger partial charge in [0.05, 0.1) is 9.60 Å². The molecule has 0 atom stereocenters. The zero-order valence-corrected chi connectivity index (χ0v) is 24.8. The molecule has 0 radical (unpaired) electrons. The van der Waals surface area contributed by atoms with Crippen molar-refractivity contribution in [1.29, 1.82) is 0 Å². The largest absolute Gasteiger partial charge is 0.456 e. The summed E-state index contributed by atoms with van der Waals surface area (Å²) in [5.74, 6) is 1.43. The van der Waals surface area contributed by atoms with E-state index < -0.39 is 18.1 Å². The summed E-state index contributed by atoms with van der Waals surface area (Å²) in [5, 5.41) is 2.05. The van der Waals surface area contributed by atoms with Gasteiger partial charge in [-0.1, -0.05) is 139 Å². The molecule has 4 heteroatoms. The van der Waals surface area contributed by atoms with Crippen LogP contribution in [0.5, 0.6) is 0 Å². The van der Waals surface area contributed by atoms with Crippen LogP contribution < -0.4 is 0 Å². The Morgan fingerprint density at radius 2 is 1.04 bits per heavy atom. The predicted octanol–water partition coefficient (Wildman–Crippen LogP) is 11.3. The van der Waals surface area contributed by atoms with E-state index in [0.29, 0.717) is 28.6 Å². The monoisotopic (exact) mass is 608 g/mol. The number of para-hydroxylation sites is 1. The third-order valence-corrected chi connectivity index (χ3v) is 8.21. The maximum absolute atomic E-state index is 9.05. The maximum atomic E-state index is 9.05. The van der Waals surface area contributed by atoms with Gasteiger partial charge in [0.2, 0.25) is 0 Å². The summed E-state index contributed by atoms with van der Waals surface area (Å²) >= 11 is 0. The average molecular weight is 609 g/mol. The van der Waals surface area contributed by atoms with E-state index in [9.17, 15) is 0 Å². The summed E-state index contributed by atoms with van der Waals surface area (Å²) < 4.78 is 65.6. The number of aromatic nitrogens is 3. The van der Waals surface area contributed by atoms with Crippen molar-refractivity contribution in [3.63, 3.8) is 0 Å². The lowest BCUT2D eigenvalue weighted by Gasteiger charge is -2.12. The van der Waals surface area contributed by atoms with Crippen LogP contribution in [0, 0.1) is 0 Å². The molecular weight excluding hydrogens is 574 g/mol. The van der Waals surface area contributed by atoms with Crippen LogP contribution in [0.3, 0.4) is 0 Å². The molecule has 0 spiro atoms. The van der Waals surface area contributed by atoms with Gasteiger partial charge in [-0.15, -0.1) is 0 Å². The molecule has 0 N–H and O–H groups in total. The van der Waals surface area contributed by atoms with Gasteiger partial charge in [-0.3, -0.25) is 0 Å². The second-order valence-corrected chi connectivity index (χ2v) is 11.1. The lowest BCUT2D eigenvalue weighted by Crippen LogP contribution is -2.00. The predicted molar refractivity (Wildman–Crippen MR) is 192 cm³/mol. The van der Waals surface area contributed by atoms with Crippen molar-refractivity contribution in [1.82, 2.24) is 15.0 Å². The van der Waals surface area contributed by atoms with E-state index >= 15 is 0 Å². The van der Waals surface area contributed by atoms with Gasteiger partial charge in [-0.05, 0) is 57.2 Å². The first-order valence-corrected chi connectivity index (χ1v) is 15.1. The summed E-state index contributed by atoms with van der Waals surface area (Å²) in [4.78, 5) is 14.8. The topological polar surface area (TPSA) is 51.8 Å². The molecular formula is C43H27N3O. The Balaban J connectivity index is 1.18. The van der Waals surface area contributed by atoms with E-state index in [1.54, 1.807) is 24.3 Å². The van der Waals surface area contributed by atoms with Crippen LogP contribution in [0.1, 0.15) is 9.60 Å². The van der Waals surface area contributed by atoms with Gasteiger partial charge < -0.3 is 4.42 Å². The van der Waals surface area contributed by atoms with Crippen molar-refractivity contribution in [2.45, 2.75) is 0 Å². The second kappa shape index (κ2) is 11.2. The van der Waals surface area contributed by atoms with Gasteiger partial charge in [-0.25, -0.2) is 15.0 Å². The molecule has 0 aliphatic rings. The minimum absolute atomic E-state index is 0.00718. The van der Waals surface area contributed by atoms with Crippen molar-refractivity contribution >= 4 is 32.7 Å². The molecule has 220 valence electrons. The fourth-order valence-corrected chi connectivity index (χ4v) is 5.85. The van der Waals surface area contributed by atoms with Crippen LogP contribution >= 0.6 is 0 Å². The van der Waals surface area contributed by atoms with Crippen LogP contribution in [-0.2, 0) is 0 Å². The second-order valence-electron chi connectivity index (χ2n) is 11.1. The van der Waals surface area contributed by atoms with Crippen LogP contribution in [-0.4, -0.2) is 15.0 Å². The Morgan fingerprint density at radius 1 is 0.426 bits per heavy atom. The number of rotatable bonds is 5. The van der Waals surface area contributed by atoms with Crippen molar-refractivity contribution in [2.75, 3.05) is 0 Å². The van der Waals surface area contributed by atoms with E-state index in [-0.39, 0.29) is 51.7 Å². The zero-order valence-electron chi connectivity index (χ0n) is 31.8. The summed E-state index contributed by atoms with van der Waals surface area (Å²) in [6, 6.07) is 36.9. The van der Waals surface area contributed by atoms with Crippen molar-refractivity contribution in [3.8, 4) is 56.4 Å². The van der Waals surface area contributed by atoms with E-state index in [4.69, 9.17) is 29.0 Å². The van der Waals surface area contributed by atoms with Gasteiger partial charge in [-0.2, -0.15) is 0 Å². The Kier molecular flexibility index (Phi) is 4.91. The molecule has 47 heavy (non-hydrogen) atoms. The molecule has 0 aliphatic heterocycles. The molecule has 9 rings (SSSR count). The number of hydrogen-bond donors (Lipinski definition) is 0. The molecule has 0 aliphatic carbocycles. The van der Waals surface area contributed by atoms with Crippen LogP contribution in [0.4, 0.5) is 0 Å². The Labute approximate surface area is 281 Å². The Morgan fingerprint density at radius 3 is 1.83 bits per heavy atom. The number of hydrogen-bond acceptors (Lipinski definition) is 4. The number of furan rings is 1. The van der Waals surface area contributed by atoms with Crippen LogP contribution in [0.15, 0.2) is 168 Å². The molecule has 9 aromatic rings. The highest BCUT2D eigenvalue weighted by molar-refractivity contribution is 6.06. The van der Waals surface area contributed by atoms with E-state index in [2.05, 4.69) is 36.4 Å². The molecule has 0 fully saturated rings. The number of benzene rings is 7. The van der Waals surface area contributed by atoms with Crippen molar-refractivity contribution in [2.24, 2.45) is 0 Å². The smallest absolute Gasteiger partial charge is 0.164 e. The third-order valence-electron chi connectivity index (χ3n) is 8.21. The number of nitrogens with zero attached hydrogens (tertiary/aromatic N) is 3. The van der Waals surface area contributed by atoms with Crippen molar-refractivity contribution in [3.05, 3.63) is 164 Å².